The van der Waals surface area contributed by atoms with Gasteiger partial charge in [-0.2, -0.15) is 0 Å². The van der Waals surface area contributed by atoms with Crippen LogP contribution in [0.2, 0.25) is 0 Å². The van der Waals surface area contributed by atoms with Crippen LogP contribution in [0.4, 0.5) is 0 Å². The summed E-state index contributed by atoms with van der Waals surface area (Å²) in [5.74, 6) is 0.422. The summed E-state index contributed by atoms with van der Waals surface area (Å²) in [5.41, 5.74) is -0.0877. The van der Waals surface area contributed by atoms with E-state index in [0.29, 0.717) is 17.9 Å². The van der Waals surface area contributed by atoms with Crippen molar-refractivity contribution < 1.29 is 14.6 Å². The Morgan fingerprint density at radius 3 is 2.79 bits per heavy atom. The van der Waals surface area contributed by atoms with E-state index in [0.717, 1.165) is 24.8 Å². The number of hydrogen-bond donors (Lipinski definition) is 1. The third-order valence-electron chi connectivity index (χ3n) is 4.92. The lowest BCUT2D eigenvalue weighted by atomic mass is 9.74. The van der Waals surface area contributed by atoms with Crippen LogP contribution in [-0.2, 0) is 9.53 Å². The van der Waals surface area contributed by atoms with Gasteiger partial charge in [0.25, 0.3) is 0 Å². The number of rotatable bonds is 4. The zero-order valence-electron chi connectivity index (χ0n) is 12.2. The van der Waals surface area contributed by atoms with Crippen molar-refractivity contribution in [2.24, 2.45) is 11.3 Å². The molecule has 3 atom stereocenters. The lowest BCUT2D eigenvalue weighted by Crippen LogP contribution is -2.41. The lowest BCUT2D eigenvalue weighted by Gasteiger charge is -2.32. The fourth-order valence-electron chi connectivity index (χ4n) is 3.41. The van der Waals surface area contributed by atoms with Crippen LogP contribution >= 0.6 is 0 Å². The molecule has 2 aliphatic carbocycles. The molecular weight excluding hydrogens is 240 g/mol. The number of carbonyl (C=O) groups is 1. The van der Waals surface area contributed by atoms with Gasteiger partial charge >= 0.3 is 0 Å². The van der Waals surface area contributed by atoms with Crippen molar-refractivity contribution in [1.29, 1.82) is 0 Å². The first-order chi connectivity index (χ1) is 8.85. The van der Waals surface area contributed by atoms with E-state index in [1.807, 2.05) is 13.0 Å². The molecule has 0 unspecified atom stereocenters. The first kappa shape index (κ1) is 14.5. The van der Waals surface area contributed by atoms with Crippen LogP contribution in [0.5, 0.6) is 0 Å². The molecule has 1 N–H and O–H groups in total. The molecule has 1 saturated carbocycles. The second-order valence-electron chi connectivity index (χ2n) is 6.25. The van der Waals surface area contributed by atoms with Crippen molar-refractivity contribution in [2.45, 2.75) is 45.1 Å². The molecule has 1 fully saturated rings. The van der Waals surface area contributed by atoms with E-state index in [9.17, 15) is 9.90 Å². The average molecular weight is 264 g/mol. The largest absolute Gasteiger partial charge is 0.383 e. The zero-order valence-corrected chi connectivity index (χ0v) is 12.2. The van der Waals surface area contributed by atoms with Gasteiger partial charge in [0.05, 0.1) is 12.0 Å². The van der Waals surface area contributed by atoms with E-state index >= 15 is 0 Å². The summed E-state index contributed by atoms with van der Waals surface area (Å²) in [6.45, 7) is 8.38. The molecule has 0 aliphatic heterocycles. The molecule has 0 heterocycles. The number of carbonyl (C=O) groups excluding carboxylic acids is 1. The maximum atomic E-state index is 12.9. The number of methoxy groups -OCH3 is 1. The summed E-state index contributed by atoms with van der Waals surface area (Å²) < 4.78 is 5.09. The van der Waals surface area contributed by atoms with E-state index in [1.54, 1.807) is 7.11 Å². The number of hydrogen-bond acceptors (Lipinski definition) is 3. The predicted molar refractivity (Wildman–Crippen MR) is 74.8 cm³/mol. The summed E-state index contributed by atoms with van der Waals surface area (Å²) in [7, 11) is 1.55. The summed E-state index contributed by atoms with van der Waals surface area (Å²) in [4.78, 5) is 12.9. The molecule has 3 nitrogen and oxygen atoms in total. The van der Waals surface area contributed by atoms with Crippen molar-refractivity contribution in [3.05, 3.63) is 23.8 Å². The Morgan fingerprint density at radius 1 is 1.58 bits per heavy atom. The van der Waals surface area contributed by atoms with E-state index in [2.05, 4.69) is 13.5 Å². The molecule has 2 aliphatic rings. The molecule has 0 bridgehead atoms. The lowest BCUT2D eigenvalue weighted by molar-refractivity contribution is -0.125. The van der Waals surface area contributed by atoms with Gasteiger partial charge in [-0.3, -0.25) is 4.79 Å². The first-order valence-corrected chi connectivity index (χ1v) is 7.01. The van der Waals surface area contributed by atoms with Crippen molar-refractivity contribution in [2.75, 3.05) is 13.7 Å². The van der Waals surface area contributed by atoms with Crippen molar-refractivity contribution in [3.63, 3.8) is 0 Å². The number of allylic oxidation sites excluding steroid dienone is 2. The molecule has 0 aromatic carbocycles. The van der Waals surface area contributed by atoms with Gasteiger partial charge in [0.2, 0.25) is 0 Å². The Hall–Kier alpha value is -0.930. The minimum atomic E-state index is -1.11. The van der Waals surface area contributed by atoms with Crippen LogP contribution in [0.25, 0.3) is 0 Å². The quantitative estimate of drug-likeness (QED) is 0.794. The van der Waals surface area contributed by atoms with Gasteiger partial charge in [-0.25, -0.2) is 0 Å². The maximum absolute atomic E-state index is 12.9. The summed E-state index contributed by atoms with van der Waals surface area (Å²) >= 11 is 0. The second kappa shape index (κ2) is 4.88. The fraction of sp³-hybridized carbons (Fsp3) is 0.688. The van der Waals surface area contributed by atoms with E-state index in [1.165, 1.54) is 0 Å². The Labute approximate surface area is 115 Å². The summed E-state index contributed by atoms with van der Waals surface area (Å²) in [6, 6.07) is 0. The third-order valence-corrected chi connectivity index (χ3v) is 4.92. The molecule has 0 spiro atoms. The van der Waals surface area contributed by atoms with Crippen molar-refractivity contribution in [3.8, 4) is 0 Å². The zero-order chi connectivity index (χ0) is 14.3. The molecule has 0 saturated heterocycles. The van der Waals surface area contributed by atoms with Crippen molar-refractivity contribution in [1.82, 2.24) is 0 Å². The smallest absolute Gasteiger partial charge is 0.171 e. The highest BCUT2D eigenvalue weighted by molar-refractivity contribution is 6.04. The topological polar surface area (TPSA) is 46.5 Å². The van der Waals surface area contributed by atoms with E-state index < -0.39 is 11.0 Å². The first-order valence-electron chi connectivity index (χ1n) is 7.01. The van der Waals surface area contributed by atoms with Crippen LogP contribution in [0.3, 0.4) is 0 Å². The number of aliphatic hydroxyl groups is 1. The molecule has 3 heteroatoms. The van der Waals surface area contributed by atoms with E-state index in [-0.39, 0.29) is 12.4 Å². The minimum Gasteiger partial charge on any atom is -0.383 e. The number of Topliss-reactive ketones (excluding diaryl/α,β-unsaturated/α-hetero) is 1. The standard InChI is InChI=1S/C16H24O3/c1-11-7-9-15(3,12(11)2)14(17)13-6-5-8-16(13,18)10-19-4/h6,11,18H,2,5,7-10H2,1,3-4H3/t11-,15-,16+/m0/s1. The van der Waals surface area contributed by atoms with Gasteiger partial charge in [-0.05, 0) is 38.5 Å². The van der Waals surface area contributed by atoms with Crippen LogP contribution in [0.15, 0.2) is 23.8 Å². The second-order valence-corrected chi connectivity index (χ2v) is 6.25. The normalized spacial score (nSPS) is 38.6. The summed E-state index contributed by atoms with van der Waals surface area (Å²) in [5, 5.41) is 10.6. The maximum Gasteiger partial charge on any atom is 0.171 e. The Bertz CT molecular complexity index is 437. The molecular formula is C16H24O3. The molecule has 2 rings (SSSR count). The van der Waals surface area contributed by atoms with Gasteiger partial charge in [0, 0.05) is 12.7 Å². The molecule has 0 radical (unpaired) electrons. The average Bonchev–Trinajstić information content (AvgIpc) is 2.86. The van der Waals surface area contributed by atoms with Crippen LogP contribution in [-0.4, -0.2) is 30.2 Å². The van der Waals surface area contributed by atoms with Crippen LogP contribution < -0.4 is 0 Å². The Balaban J connectivity index is 2.27. The Kier molecular flexibility index (Phi) is 3.72. The predicted octanol–water partition coefficient (Wildman–Crippen LogP) is 2.65. The van der Waals surface area contributed by atoms with Gasteiger partial charge in [-0.15, -0.1) is 0 Å². The summed E-state index contributed by atoms with van der Waals surface area (Å²) in [6.07, 6.45) is 5.01. The number of ether oxygens (including phenoxy) is 1. The monoisotopic (exact) mass is 264 g/mol. The van der Waals surface area contributed by atoms with Gasteiger partial charge in [0.1, 0.15) is 5.60 Å². The number of ketones is 1. The van der Waals surface area contributed by atoms with E-state index in [4.69, 9.17) is 4.74 Å². The highest BCUT2D eigenvalue weighted by Gasteiger charge is 2.49. The highest BCUT2D eigenvalue weighted by Crippen LogP contribution is 2.49. The van der Waals surface area contributed by atoms with Crippen LogP contribution in [0.1, 0.15) is 39.5 Å². The van der Waals surface area contributed by atoms with Crippen molar-refractivity contribution >= 4 is 5.78 Å². The highest BCUT2D eigenvalue weighted by atomic mass is 16.5. The Morgan fingerprint density at radius 2 is 2.26 bits per heavy atom. The van der Waals surface area contributed by atoms with Crippen LogP contribution in [0, 0.1) is 11.3 Å². The van der Waals surface area contributed by atoms with Gasteiger partial charge in [-0.1, -0.05) is 25.2 Å². The molecule has 106 valence electrons. The van der Waals surface area contributed by atoms with Gasteiger partial charge in [0.15, 0.2) is 5.78 Å². The molecule has 0 aromatic rings. The third kappa shape index (κ3) is 2.19. The van der Waals surface area contributed by atoms with Gasteiger partial charge < -0.3 is 9.84 Å². The molecule has 0 amide bonds. The molecule has 0 aromatic heterocycles. The SMILES string of the molecule is C=C1[C@@H](C)CC[C@]1(C)C(=O)C1=CCC[C@@]1(O)COC. The molecule has 19 heavy (non-hydrogen) atoms. The minimum absolute atomic E-state index is 0.0406. The fourth-order valence-corrected chi connectivity index (χ4v) is 3.41.